The quantitative estimate of drug-likeness (QED) is 0.731. The number of halogens is 1. The zero-order chi connectivity index (χ0) is 11.5. The number of pyridine rings is 1. The molecule has 0 unspecified atom stereocenters. The molecule has 1 aromatic rings. The molecule has 0 aliphatic heterocycles. The molecule has 1 aromatic heterocycles. The Morgan fingerprint density at radius 1 is 1.53 bits per heavy atom. The van der Waals surface area contributed by atoms with Gasteiger partial charge in [-0.2, -0.15) is 0 Å². The zero-order valence-corrected chi connectivity index (χ0v) is 10.2. The fourth-order valence-corrected chi connectivity index (χ4v) is 1.79. The van der Waals surface area contributed by atoms with Crippen LogP contribution in [0.3, 0.4) is 0 Å². The molecule has 0 aliphatic rings. The van der Waals surface area contributed by atoms with E-state index >= 15 is 0 Å². The zero-order valence-electron chi connectivity index (χ0n) is 7.77. The summed E-state index contributed by atoms with van der Waals surface area (Å²) >= 11 is 3.24. The van der Waals surface area contributed by atoms with Crippen LogP contribution >= 0.6 is 15.9 Å². The third kappa shape index (κ3) is 4.45. The Hall–Kier alpha value is -0.860. The molecule has 84 valence electrons. The maximum absolute atomic E-state index is 10.6. The smallest absolute Gasteiger partial charge is 0.210 e. The lowest BCUT2D eigenvalue weighted by atomic mass is 10.4. The molecule has 0 spiro atoms. The second kappa shape index (κ2) is 4.77. The van der Waals surface area contributed by atoms with Gasteiger partial charge in [0.25, 0.3) is 0 Å². The molecule has 0 radical (unpaired) electrons. The van der Waals surface area contributed by atoms with Crippen LogP contribution in [-0.4, -0.2) is 25.7 Å². The SMILES string of the molecule is Nc1cnc(NCCS(N)(=O)=O)c(Br)c1. The molecule has 15 heavy (non-hydrogen) atoms. The van der Waals surface area contributed by atoms with Gasteiger partial charge in [0.2, 0.25) is 10.0 Å². The van der Waals surface area contributed by atoms with Gasteiger partial charge in [-0.3, -0.25) is 0 Å². The molecule has 1 rings (SSSR count). The van der Waals surface area contributed by atoms with Crippen molar-refractivity contribution in [3.05, 3.63) is 16.7 Å². The highest BCUT2D eigenvalue weighted by Gasteiger charge is 2.04. The van der Waals surface area contributed by atoms with Gasteiger partial charge >= 0.3 is 0 Å². The van der Waals surface area contributed by atoms with Gasteiger partial charge in [0.1, 0.15) is 5.82 Å². The van der Waals surface area contributed by atoms with E-state index in [2.05, 4.69) is 26.2 Å². The lowest BCUT2D eigenvalue weighted by Crippen LogP contribution is -2.22. The molecule has 8 heteroatoms. The summed E-state index contributed by atoms with van der Waals surface area (Å²) in [5, 5.41) is 7.67. The minimum Gasteiger partial charge on any atom is -0.397 e. The lowest BCUT2D eigenvalue weighted by molar-refractivity contribution is 0.598. The maximum atomic E-state index is 10.6. The van der Waals surface area contributed by atoms with Crippen LogP contribution < -0.4 is 16.2 Å². The van der Waals surface area contributed by atoms with Gasteiger partial charge in [0.05, 0.1) is 22.1 Å². The number of primary sulfonamides is 1. The van der Waals surface area contributed by atoms with E-state index in [4.69, 9.17) is 10.9 Å². The predicted octanol–water partition coefficient (Wildman–Crippen LogP) is 0.127. The molecular formula is C7H11BrN4O2S. The van der Waals surface area contributed by atoms with Crippen molar-refractivity contribution in [3.8, 4) is 0 Å². The Kier molecular flexibility index (Phi) is 3.89. The topological polar surface area (TPSA) is 111 Å². The summed E-state index contributed by atoms with van der Waals surface area (Å²) in [6.07, 6.45) is 1.48. The number of nitrogen functional groups attached to an aromatic ring is 1. The van der Waals surface area contributed by atoms with Crippen LogP contribution in [0.15, 0.2) is 16.7 Å². The molecule has 0 saturated heterocycles. The van der Waals surface area contributed by atoms with Crippen LogP contribution in [-0.2, 0) is 10.0 Å². The summed E-state index contributed by atoms with van der Waals surface area (Å²) in [6.45, 7) is 0.203. The Balaban J connectivity index is 2.59. The summed E-state index contributed by atoms with van der Waals surface area (Å²) in [5.74, 6) is 0.388. The fraction of sp³-hybridized carbons (Fsp3) is 0.286. The first-order valence-electron chi connectivity index (χ1n) is 4.04. The molecule has 0 amide bonds. The van der Waals surface area contributed by atoms with Gasteiger partial charge in [0, 0.05) is 6.54 Å². The molecule has 0 atom stereocenters. The largest absolute Gasteiger partial charge is 0.397 e. The van der Waals surface area contributed by atoms with Crippen molar-refractivity contribution in [2.45, 2.75) is 0 Å². The second-order valence-electron chi connectivity index (χ2n) is 2.89. The molecule has 0 saturated carbocycles. The van der Waals surface area contributed by atoms with Crippen LogP contribution in [0, 0.1) is 0 Å². The highest BCUT2D eigenvalue weighted by atomic mass is 79.9. The monoisotopic (exact) mass is 294 g/mol. The first-order valence-corrected chi connectivity index (χ1v) is 6.55. The summed E-state index contributed by atoms with van der Waals surface area (Å²) in [4.78, 5) is 3.98. The van der Waals surface area contributed by atoms with E-state index in [1.807, 2.05) is 0 Å². The Morgan fingerprint density at radius 2 is 2.20 bits per heavy atom. The molecule has 0 aromatic carbocycles. The number of rotatable bonds is 4. The third-order valence-corrected chi connectivity index (χ3v) is 2.92. The Morgan fingerprint density at radius 3 is 2.73 bits per heavy atom. The minimum atomic E-state index is -3.45. The number of nitrogens with one attached hydrogen (secondary N) is 1. The number of sulfonamides is 1. The second-order valence-corrected chi connectivity index (χ2v) is 5.48. The molecule has 0 fully saturated rings. The Labute approximate surface area is 96.2 Å². The molecule has 0 bridgehead atoms. The van der Waals surface area contributed by atoms with Gasteiger partial charge in [-0.05, 0) is 22.0 Å². The number of hydrogen-bond donors (Lipinski definition) is 3. The van der Waals surface area contributed by atoms with E-state index in [1.165, 1.54) is 6.20 Å². The van der Waals surface area contributed by atoms with Crippen molar-refractivity contribution in [1.82, 2.24) is 4.98 Å². The van der Waals surface area contributed by atoms with E-state index < -0.39 is 10.0 Å². The van der Waals surface area contributed by atoms with Crippen LogP contribution in [0.4, 0.5) is 11.5 Å². The van der Waals surface area contributed by atoms with E-state index in [-0.39, 0.29) is 12.3 Å². The van der Waals surface area contributed by atoms with Crippen molar-refractivity contribution in [1.29, 1.82) is 0 Å². The van der Waals surface area contributed by atoms with Crippen LogP contribution in [0.1, 0.15) is 0 Å². The lowest BCUT2D eigenvalue weighted by Gasteiger charge is -2.06. The maximum Gasteiger partial charge on any atom is 0.210 e. The van der Waals surface area contributed by atoms with E-state index in [9.17, 15) is 8.42 Å². The van der Waals surface area contributed by atoms with E-state index in [1.54, 1.807) is 6.07 Å². The van der Waals surface area contributed by atoms with Gasteiger partial charge in [-0.1, -0.05) is 0 Å². The van der Waals surface area contributed by atoms with Crippen molar-refractivity contribution < 1.29 is 8.42 Å². The number of anilines is 2. The number of hydrogen-bond acceptors (Lipinski definition) is 5. The first-order chi connectivity index (χ1) is 6.88. The molecule has 6 nitrogen and oxygen atoms in total. The predicted molar refractivity (Wildman–Crippen MR) is 62.8 cm³/mol. The van der Waals surface area contributed by atoms with Crippen molar-refractivity contribution in [2.24, 2.45) is 5.14 Å². The highest BCUT2D eigenvalue weighted by Crippen LogP contribution is 2.21. The molecule has 0 aliphatic carbocycles. The van der Waals surface area contributed by atoms with Gasteiger partial charge in [0.15, 0.2) is 0 Å². The highest BCUT2D eigenvalue weighted by molar-refractivity contribution is 9.10. The third-order valence-electron chi connectivity index (χ3n) is 1.54. The number of aromatic nitrogens is 1. The summed E-state index contributed by atoms with van der Waals surface area (Å²) in [7, 11) is -3.45. The van der Waals surface area contributed by atoms with Crippen molar-refractivity contribution in [3.63, 3.8) is 0 Å². The summed E-state index contributed by atoms with van der Waals surface area (Å²) in [5.41, 5.74) is 6.02. The normalized spacial score (nSPS) is 11.3. The van der Waals surface area contributed by atoms with Crippen molar-refractivity contribution in [2.75, 3.05) is 23.3 Å². The average molecular weight is 295 g/mol. The number of nitrogens with two attached hydrogens (primary N) is 2. The first kappa shape index (κ1) is 12.2. The van der Waals surface area contributed by atoms with Crippen molar-refractivity contribution >= 4 is 37.5 Å². The molecular weight excluding hydrogens is 284 g/mol. The fourth-order valence-electron chi connectivity index (χ4n) is 0.894. The van der Waals surface area contributed by atoms with Gasteiger partial charge in [-0.25, -0.2) is 18.5 Å². The Bertz CT molecular complexity index is 448. The standard InChI is InChI=1S/C7H11BrN4O2S/c8-6-3-5(9)4-12-7(6)11-1-2-15(10,13)14/h3-4H,1-2,9H2,(H,11,12)(H2,10,13,14). The molecule has 1 heterocycles. The number of nitrogens with zero attached hydrogens (tertiary/aromatic N) is 1. The summed E-state index contributed by atoms with van der Waals surface area (Å²) < 4.78 is 22.0. The van der Waals surface area contributed by atoms with Gasteiger partial charge < -0.3 is 11.1 Å². The summed E-state index contributed by atoms with van der Waals surface area (Å²) in [6, 6.07) is 1.67. The minimum absolute atomic E-state index is 0.147. The van der Waals surface area contributed by atoms with Crippen LogP contribution in [0.2, 0.25) is 0 Å². The molecule has 5 N–H and O–H groups in total. The van der Waals surface area contributed by atoms with E-state index in [0.717, 1.165) is 0 Å². The van der Waals surface area contributed by atoms with E-state index in [0.29, 0.717) is 16.0 Å². The average Bonchev–Trinajstić information content (AvgIpc) is 2.07. The van der Waals surface area contributed by atoms with Gasteiger partial charge in [-0.15, -0.1) is 0 Å². The van der Waals surface area contributed by atoms with Crippen LogP contribution in [0.5, 0.6) is 0 Å². The van der Waals surface area contributed by atoms with Crippen LogP contribution in [0.25, 0.3) is 0 Å².